The molecule has 2 atom stereocenters. The number of pyridine rings is 1. The van der Waals surface area contributed by atoms with Crippen LogP contribution in [0.3, 0.4) is 0 Å². The molecule has 3 aromatic heterocycles. The Morgan fingerprint density at radius 2 is 2.03 bits per heavy atom. The van der Waals surface area contributed by atoms with Gasteiger partial charge in [0.25, 0.3) is 5.91 Å². The van der Waals surface area contributed by atoms with Crippen molar-refractivity contribution in [3.63, 3.8) is 0 Å². The van der Waals surface area contributed by atoms with Crippen molar-refractivity contribution in [1.82, 2.24) is 24.9 Å². The highest BCUT2D eigenvalue weighted by Crippen LogP contribution is 2.40. The molecule has 5 rings (SSSR count). The van der Waals surface area contributed by atoms with E-state index in [0.717, 1.165) is 6.20 Å². The SMILES string of the molecule is C[C@@H]1COc2cn3ncc4c3nc2N(C1)c1cc(F)cnc1OC[C@@H](C)CNC4=O. The molecule has 5 heterocycles. The summed E-state index contributed by atoms with van der Waals surface area (Å²) in [7, 11) is 0. The van der Waals surface area contributed by atoms with Crippen LogP contribution >= 0.6 is 0 Å². The fraction of sp³-hybridized carbons (Fsp3) is 0.400. The number of halogens is 1. The number of carbonyl (C=O) groups excluding carboxylic acids is 1. The minimum Gasteiger partial charge on any atom is -0.488 e. The van der Waals surface area contributed by atoms with E-state index in [1.807, 2.05) is 18.7 Å². The van der Waals surface area contributed by atoms with Crippen LogP contribution in [0.2, 0.25) is 0 Å². The molecule has 0 fully saturated rings. The lowest BCUT2D eigenvalue weighted by molar-refractivity contribution is 0.0945. The van der Waals surface area contributed by atoms with E-state index in [4.69, 9.17) is 14.5 Å². The molecule has 10 heteroatoms. The summed E-state index contributed by atoms with van der Waals surface area (Å²) in [6.07, 6.45) is 4.31. The van der Waals surface area contributed by atoms with E-state index in [-0.39, 0.29) is 17.7 Å². The molecular formula is C20H21FN6O3. The van der Waals surface area contributed by atoms with E-state index >= 15 is 0 Å². The van der Waals surface area contributed by atoms with E-state index in [1.165, 1.54) is 16.8 Å². The van der Waals surface area contributed by atoms with Crippen LogP contribution < -0.4 is 19.7 Å². The second-order valence-electron chi connectivity index (χ2n) is 7.89. The Hall–Kier alpha value is -3.43. The highest BCUT2D eigenvalue weighted by molar-refractivity contribution is 6.00. The lowest BCUT2D eigenvalue weighted by Gasteiger charge is -2.26. The first-order chi connectivity index (χ1) is 14.5. The minimum atomic E-state index is -0.475. The minimum absolute atomic E-state index is 0.0125. The number of hydrogen-bond acceptors (Lipinski definition) is 7. The van der Waals surface area contributed by atoms with Crippen molar-refractivity contribution in [3.05, 3.63) is 36.0 Å². The van der Waals surface area contributed by atoms with Crippen LogP contribution in [-0.2, 0) is 0 Å². The monoisotopic (exact) mass is 412 g/mol. The van der Waals surface area contributed by atoms with E-state index in [0.29, 0.717) is 60.6 Å². The summed E-state index contributed by atoms with van der Waals surface area (Å²) in [5.41, 5.74) is 1.23. The fourth-order valence-corrected chi connectivity index (χ4v) is 3.60. The molecule has 0 aliphatic carbocycles. The number of carbonyl (C=O) groups is 1. The van der Waals surface area contributed by atoms with Crippen LogP contribution in [0.15, 0.2) is 24.7 Å². The van der Waals surface area contributed by atoms with Crippen LogP contribution in [0.4, 0.5) is 15.9 Å². The van der Waals surface area contributed by atoms with Gasteiger partial charge in [-0.1, -0.05) is 13.8 Å². The van der Waals surface area contributed by atoms with Crippen molar-refractivity contribution in [3.8, 4) is 11.6 Å². The molecule has 2 aliphatic heterocycles. The Morgan fingerprint density at radius 3 is 2.90 bits per heavy atom. The number of ether oxygens (including phenoxy) is 2. The van der Waals surface area contributed by atoms with E-state index in [2.05, 4.69) is 15.4 Å². The maximum Gasteiger partial charge on any atom is 0.256 e. The molecule has 156 valence electrons. The molecule has 2 aliphatic rings. The van der Waals surface area contributed by atoms with Gasteiger partial charge < -0.3 is 19.7 Å². The van der Waals surface area contributed by atoms with Gasteiger partial charge in [0, 0.05) is 31.0 Å². The number of anilines is 2. The number of nitrogens with zero attached hydrogens (tertiary/aromatic N) is 5. The number of fused-ring (bicyclic) bond motifs is 2. The topological polar surface area (TPSA) is 93.9 Å². The molecule has 0 saturated heterocycles. The summed E-state index contributed by atoms with van der Waals surface area (Å²) in [5.74, 6) is 0.658. The third-order valence-electron chi connectivity index (χ3n) is 5.16. The molecule has 0 radical (unpaired) electrons. The van der Waals surface area contributed by atoms with Gasteiger partial charge in [-0.15, -0.1) is 0 Å². The Bertz CT molecular complexity index is 1130. The summed E-state index contributed by atoms with van der Waals surface area (Å²) in [5, 5.41) is 7.16. The van der Waals surface area contributed by atoms with Gasteiger partial charge >= 0.3 is 0 Å². The molecule has 3 aromatic rings. The lowest BCUT2D eigenvalue weighted by Crippen LogP contribution is -2.30. The van der Waals surface area contributed by atoms with Gasteiger partial charge in [0.15, 0.2) is 17.2 Å². The fourth-order valence-electron chi connectivity index (χ4n) is 3.60. The van der Waals surface area contributed by atoms with Crippen molar-refractivity contribution in [2.45, 2.75) is 13.8 Å². The highest BCUT2D eigenvalue weighted by atomic mass is 19.1. The van der Waals surface area contributed by atoms with Gasteiger partial charge in [-0.3, -0.25) is 4.79 Å². The second-order valence-corrected chi connectivity index (χ2v) is 7.89. The molecule has 0 spiro atoms. The predicted octanol–water partition coefficient (Wildman–Crippen LogP) is 2.19. The largest absolute Gasteiger partial charge is 0.488 e. The molecule has 0 aromatic carbocycles. The van der Waals surface area contributed by atoms with Gasteiger partial charge in [0.2, 0.25) is 5.88 Å². The Balaban J connectivity index is 1.76. The van der Waals surface area contributed by atoms with Crippen molar-refractivity contribution in [1.29, 1.82) is 0 Å². The molecule has 1 amide bonds. The smallest absolute Gasteiger partial charge is 0.256 e. The average molecular weight is 412 g/mol. The van der Waals surface area contributed by atoms with Crippen LogP contribution in [0.25, 0.3) is 5.65 Å². The highest BCUT2D eigenvalue weighted by Gasteiger charge is 2.29. The van der Waals surface area contributed by atoms with Crippen molar-refractivity contribution < 1.29 is 18.7 Å². The second kappa shape index (κ2) is 7.12. The van der Waals surface area contributed by atoms with Gasteiger partial charge in [0.1, 0.15) is 17.1 Å². The Morgan fingerprint density at radius 1 is 1.20 bits per heavy atom. The van der Waals surface area contributed by atoms with Crippen LogP contribution in [0.1, 0.15) is 24.2 Å². The van der Waals surface area contributed by atoms with Gasteiger partial charge in [-0.05, 0) is 0 Å². The zero-order chi connectivity index (χ0) is 20.8. The zero-order valence-corrected chi connectivity index (χ0v) is 16.6. The van der Waals surface area contributed by atoms with Crippen molar-refractivity contribution >= 4 is 23.1 Å². The van der Waals surface area contributed by atoms with Crippen LogP contribution in [0.5, 0.6) is 11.6 Å². The van der Waals surface area contributed by atoms with Gasteiger partial charge in [0.05, 0.1) is 31.8 Å². The average Bonchev–Trinajstić information content (AvgIpc) is 3.07. The maximum absolute atomic E-state index is 14.2. The summed E-state index contributed by atoms with van der Waals surface area (Å²) in [6.45, 7) is 5.68. The quantitative estimate of drug-likeness (QED) is 0.605. The summed E-state index contributed by atoms with van der Waals surface area (Å²) in [4.78, 5) is 23.5. The van der Waals surface area contributed by atoms with Crippen LogP contribution in [-0.4, -0.2) is 51.8 Å². The van der Waals surface area contributed by atoms with Crippen LogP contribution in [0, 0.1) is 17.7 Å². The first-order valence-electron chi connectivity index (χ1n) is 9.85. The molecule has 0 unspecified atom stereocenters. The predicted molar refractivity (Wildman–Crippen MR) is 106 cm³/mol. The number of hydrogen-bond donors (Lipinski definition) is 1. The number of amides is 1. The first-order valence-corrected chi connectivity index (χ1v) is 9.85. The zero-order valence-electron chi connectivity index (χ0n) is 16.6. The standard InChI is InChI=1S/C20H21FN6O3/c1-11-4-22-19(28)14-6-24-27-8-16-18(25-17(14)27)26(7-12(2)10-29-16)15-3-13(21)5-23-20(15)30-9-11/h3,5-6,8,11-12H,4,7,9-10H2,1-2H3,(H,22,28)/t11-,12-/m0/s1. The third-order valence-corrected chi connectivity index (χ3v) is 5.16. The Labute approximate surface area is 171 Å². The van der Waals surface area contributed by atoms with Crippen molar-refractivity contribution in [2.75, 3.05) is 31.2 Å². The molecule has 2 bridgehead atoms. The number of rotatable bonds is 0. The lowest BCUT2D eigenvalue weighted by atomic mass is 10.2. The third kappa shape index (κ3) is 3.17. The first kappa shape index (κ1) is 18.6. The summed E-state index contributed by atoms with van der Waals surface area (Å²) in [6, 6.07) is 1.39. The van der Waals surface area contributed by atoms with Crippen molar-refractivity contribution in [2.24, 2.45) is 11.8 Å². The molecule has 1 N–H and O–H groups in total. The summed E-state index contributed by atoms with van der Waals surface area (Å²) >= 11 is 0. The normalized spacial score (nSPS) is 21.4. The number of nitrogens with one attached hydrogen (secondary N) is 1. The molecule has 30 heavy (non-hydrogen) atoms. The molecule has 9 nitrogen and oxygen atoms in total. The van der Waals surface area contributed by atoms with E-state index < -0.39 is 5.82 Å². The van der Waals surface area contributed by atoms with E-state index in [1.54, 1.807) is 6.20 Å². The van der Waals surface area contributed by atoms with Gasteiger partial charge in [-0.2, -0.15) is 5.10 Å². The maximum atomic E-state index is 14.2. The van der Waals surface area contributed by atoms with Gasteiger partial charge in [-0.25, -0.2) is 18.9 Å². The summed E-state index contributed by atoms with van der Waals surface area (Å²) < 4.78 is 27.6. The molecular weight excluding hydrogens is 391 g/mol. The molecule has 0 saturated carbocycles. The Kier molecular flexibility index (Phi) is 4.41. The van der Waals surface area contributed by atoms with E-state index in [9.17, 15) is 9.18 Å². The number of aromatic nitrogens is 4.